The van der Waals surface area contributed by atoms with Gasteiger partial charge in [-0.1, -0.05) is 11.6 Å². The van der Waals surface area contributed by atoms with Gasteiger partial charge in [0.05, 0.1) is 30.8 Å². The fourth-order valence-corrected chi connectivity index (χ4v) is 2.51. The molecule has 5 nitrogen and oxygen atoms in total. The van der Waals surface area contributed by atoms with E-state index >= 15 is 0 Å². The van der Waals surface area contributed by atoms with Gasteiger partial charge in [0.25, 0.3) is 0 Å². The predicted octanol–water partition coefficient (Wildman–Crippen LogP) is 2.72. The second-order valence-electron chi connectivity index (χ2n) is 4.72. The highest BCUT2D eigenvalue weighted by Crippen LogP contribution is 2.36. The Kier molecular flexibility index (Phi) is 7.08. The van der Waals surface area contributed by atoms with Crippen LogP contribution in [-0.2, 0) is 4.79 Å². The number of hydrogen-bond donors (Lipinski definition) is 2. The van der Waals surface area contributed by atoms with Crippen molar-refractivity contribution in [1.82, 2.24) is 5.32 Å². The highest BCUT2D eigenvalue weighted by Gasteiger charge is 2.22. The highest BCUT2D eigenvalue weighted by molar-refractivity contribution is 6.32. The Hall–Kier alpha value is -1.17. The number of carbonyl (C=O) groups excluding carboxylic acids is 1. The van der Waals surface area contributed by atoms with E-state index in [4.69, 9.17) is 21.1 Å². The van der Waals surface area contributed by atoms with E-state index in [0.717, 1.165) is 19.4 Å². The summed E-state index contributed by atoms with van der Waals surface area (Å²) in [6, 6.07) is 3.31. The molecule has 1 heterocycles. The first kappa shape index (κ1) is 17.9. The van der Waals surface area contributed by atoms with E-state index in [1.165, 1.54) is 7.11 Å². The smallest absolute Gasteiger partial charge is 0.228 e. The number of anilines is 1. The van der Waals surface area contributed by atoms with Crippen LogP contribution in [0.25, 0.3) is 0 Å². The number of methoxy groups -OCH3 is 2. The van der Waals surface area contributed by atoms with Gasteiger partial charge in [-0.3, -0.25) is 4.79 Å². The molecule has 1 aromatic rings. The number of piperidine rings is 1. The van der Waals surface area contributed by atoms with Gasteiger partial charge in [0.2, 0.25) is 5.91 Å². The molecule has 1 saturated heterocycles. The Balaban J connectivity index is 0.00000220. The monoisotopic (exact) mass is 334 g/mol. The van der Waals surface area contributed by atoms with Crippen LogP contribution in [0.4, 0.5) is 5.69 Å². The quantitative estimate of drug-likeness (QED) is 0.888. The maximum absolute atomic E-state index is 12.2. The zero-order chi connectivity index (χ0) is 14.5. The number of hydrogen-bond acceptors (Lipinski definition) is 4. The second-order valence-corrected chi connectivity index (χ2v) is 5.13. The van der Waals surface area contributed by atoms with Gasteiger partial charge in [-0.05, 0) is 25.5 Å². The van der Waals surface area contributed by atoms with Gasteiger partial charge < -0.3 is 20.1 Å². The lowest BCUT2D eigenvalue weighted by molar-refractivity contribution is -0.120. The Bertz CT molecular complexity index is 491. The van der Waals surface area contributed by atoms with Crippen LogP contribution < -0.4 is 20.1 Å². The average Bonchev–Trinajstić information content (AvgIpc) is 2.48. The number of carbonyl (C=O) groups is 1. The van der Waals surface area contributed by atoms with Crippen molar-refractivity contribution in [2.24, 2.45) is 5.92 Å². The summed E-state index contributed by atoms with van der Waals surface area (Å²) in [5.41, 5.74) is 0.564. The molecule has 7 heteroatoms. The first-order valence-electron chi connectivity index (χ1n) is 6.58. The molecule has 1 atom stereocenters. The zero-order valence-corrected chi connectivity index (χ0v) is 13.6. The Labute approximate surface area is 135 Å². The fourth-order valence-electron chi connectivity index (χ4n) is 2.27. The summed E-state index contributed by atoms with van der Waals surface area (Å²) in [7, 11) is 3.08. The molecule has 2 rings (SSSR count). The van der Waals surface area contributed by atoms with Crippen molar-refractivity contribution in [3.63, 3.8) is 0 Å². The van der Waals surface area contributed by atoms with Gasteiger partial charge in [-0.15, -0.1) is 12.4 Å². The Morgan fingerprint density at radius 1 is 1.33 bits per heavy atom. The summed E-state index contributed by atoms with van der Waals surface area (Å²) < 4.78 is 10.4. The lowest BCUT2D eigenvalue weighted by Gasteiger charge is -2.22. The van der Waals surface area contributed by atoms with Crippen molar-refractivity contribution in [3.05, 3.63) is 17.2 Å². The van der Waals surface area contributed by atoms with E-state index in [1.54, 1.807) is 19.2 Å². The van der Waals surface area contributed by atoms with E-state index in [2.05, 4.69) is 10.6 Å². The molecule has 0 saturated carbocycles. The molecule has 1 amide bonds. The van der Waals surface area contributed by atoms with Crippen LogP contribution in [-0.4, -0.2) is 33.2 Å². The van der Waals surface area contributed by atoms with Crippen LogP contribution >= 0.6 is 24.0 Å². The van der Waals surface area contributed by atoms with Crippen molar-refractivity contribution in [1.29, 1.82) is 0 Å². The second kappa shape index (κ2) is 8.32. The summed E-state index contributed by atoms with van der Waals surface area (Å²) in [6.45, 7) is 1.68. The SMILES string of the molecule is COc1cc(OC)c(NC(=O)[C@@H]2CCCNC2)cc1Cl.Cl. The van der Waals surface area contributed by atoms with Crippen LogP contribution in [0.1, 0.15) is 12.8 Å². The van der Waals surface area contributed by atoms with E-state index in [9.17, 15) is 4.79 Å². The van der Waals surface area contributed by atoms with Gasteiger partial charge in [-0.2, -0.15) is 0 Å². The van der Waals surface area contributed by atoms with Gasteiger partial charge in [0, 0.05) is 12.6 Å². The van der Waals surface area contributed by atoms with Gasteiger partial charge >= 0.3 is 0 Å². The molecular weight excluding hydrogens is 315 g/mol. The molecular formula is C14H20Cl2N2O3. The van der Waals surface area contributed by atoms with Crippen LogP contribution in [0.5, 0.6) is 11.5 Å². The normalized spacial score (nSPS) is 17.6. The van der Waals surface area contributed by atoms with E-state index < -0.39 is 0 Å². The van der Waals surface area contributed by atoms with E-state index in [0.29, 0.717) is 28.8 Å². The lowest BCUT2D eigenvalue weighted by atomic mass is 9.99. The number of rotatable bonds is 4. The first-order valence-corrected chi connectivity index (χ1v) is 6.96. The molecule has 1 aliphatic rings. The summed E-state index contributed by atoms with van der Waals surface area (Å²) >= 11 is 6.08. The molecule has 0 radical (unpaired) electrons. The zero-order valence-electron chi connectivity index (χ0n) is 12.1. The van der Waals surface area contributed by atoms with Crippen molar-refractivity contribution < 1.29 is 14.3 Å². The first-order chi connectivity index (χ1) is 9.65. The molecule has 1 aliphatic heterocycles. The lowest BCUT2D eigenvalue weighted by Crippen LogP contribution is -2.37. The van der Waals surface area contributed by atoms with Gasteiger partial charge in [0.1, 0.15) is 11.5 Å². The Morgan fingerprint density at radius 3 is 2.62 bits per heavy atom. The highest BCUT2D eigenvalue weighted by atomic mass is 35.5. The molecule has 0 aromatic heterocycles. The van der Waals surface area contributed by atoms with E-state index in [-0.39, 0.29) is 24.2 Å². The minimum atomic E-state index is -0.0191. The van der Waals surface area contributed by atoms with Crippen LogP contribution in [0.3, 0.4) is 0 Å². The molecule has 1 aromatic carbocycles. The van der Waals surface area contributed by atoms with Crippen molar-refractivity contribution in [2.45, 2.75) is 12.8 Å². The molecule has 0 bridgehead atoms. The average molecular weight is 335 g/mol. The number of ether oxygens (including phenoxy) is 2. The molecule has 2 N–H and O–H groups in total. The number of amides is 1. The summed E-state index contributed by atoms with van der Waals surface area (Å²) in [6.07, 6.45) is 1.91. The topological polar surface area (TPSA) is 59.6 Å². The van der Waals surface area contributed by atoms with Crippen molar-refractivity contribution in [3.8, 4) is 11.5 Å². The largest absolute Gasteiger partial charge is 0.495 e. The minimum absolute atomic E-state index is 0. The molecule has 0 aliphatic carbocycles. The number of nitrogens with one attached hydrogen (secondary N) is 2. The standard InChI is InChI=1S/C14H19ClN2O3.ClH/c1-19-12-7-13(20-2)11(6-10(12)15)17-14(18)9-4-3-5-16-8-9;/h6-7,9,16H,3-5,8H2,1-2H3,(H,17,18);1H/t9-;/m1./s1. The van der Waals surface area contributed by atoms with Crippen LogP contribution in [0.15, 0.2) is 12.1 Å². The third kappa shape index (κ3) is 4.40. The fraction of sp³-hybridized carbons (Fsp3) is 0.500. The third-order valence-electron chi connectivity index (χ3n) is 3.40. The molecule has 118 valence electrons. The number of benzene rings is 1. The third-order valence-corrected chi connectivity index (χ3v) is 3.69. The molecule has 0 unspecified atom stereocenters. The van der Waals surface area contributed by atoms with Crippen molar-refractivity contribution in [2.75, 3.05) is 32.6 Å². The molecule has 1 fully saturated rings. The maximum atomic E-state index is 12.2. The molecule has 0 spiro atoms. The van der Waals surface area contributed by atoms with Crippen LogP contribution in [0.2, 0.25) is 5.02 Å². The summed E-state index contributed by atoms with van der Waals surface area (Å²) in [4.78, 5) is 12.2. The molecule has 21 heavy (non-hydrogen) atoms. The summed E-state index contributed by atoms with van der Waals surface area (Å²) in [5.74, 6) is 1.01. The minimum Gasteiger partial charge on any atom is -0.495 e. The Morgan fingerprint density at radius 2 is 2.05 bits per heavy atom. The van der Waals surface area contributed by atoms with E-state index in [1.807, 2.05) is 0 Å². The van der Waals surface area contributed by atoms with Gasteiger partial charge in [-0.25, -0.2) is 0 Å². The van der Waals surface area contributed by atoms with Gasteiger partial charge in [0.15, 0.2) is 0 Å². The maximum Gasteiger partial charge on any atom is 0.228 e. The van der Waals surface area contributed by atoms with Crippen molar-refractivity contribution >= 4 is 35.6 Å². The van der Waals surface area contributed by atoms with Crippen LogP contribution in [0, 0.1) is 5.92 Å². The summed E-state index contributed by atoms with van der Waals surface area (Å²) in [5, 5.41) is 6.54. The number of halogens is 2. The predicted molar refractivity (Wildman–Crippen MR) is 86.0 cm³/mol.